The highest BCUT2D eigenvalue weighted by Gasteiger charge is 2.15. The van der Waals surface area contributed by atoms with E-state index in [1.165, 1.54) is 0 Å². The smallest absolute Gasteiger partial charge is 0.394 e. The average Bonchev–Trinajstić information content (AvgIpc) is 2.61. The molecule has 5 nitrogen and oxygen atoms in total. The Bertz CT molecular complexity index is 431. The molecule has 0 unspecified atom stereocenters. The number of ether oxygens (including phenoxy) is 1. The summed E-state index contributed by atoms with van der Waals surface area (Å²) in [6.07, 6.45) is 1.58. The van der Waals surface area contributed by atoms with Gasteiger partial charge in [-0.05, 0) is 19.1 Å². The molecule has 0 N–H and O–H groups in total. The van der Waals surface area contributed by atoms with E-state index in [-0.39, 0.29) is 5.89 Å². The lowest BCUT2D eigenvalue weighted by Crippen LogP contribution is -2.04. The Kier molecular flexibility index (Phi) is 2.14. The molecule has 0 aliphatic rings. The fourth-order valence-electron chi connectivity index (χ4n) is 1.05. The zero-order valence-corrected chi connectivity index (χ0v) is 7.56. The summed E-state index contributed by atoms with van der Waals surface area (Å²) in [5.74, 6) is -0.619. The van der Waals surface area contributed by atoms with Crippen LogP contribution in [0.2, 0.25) is 0 Å². The monoisotopic (exact) mass is 192 g/mol. The second kappa shape index (κ2) is 3.45. The molecule has 0 atom stereocenters. The van der Waals surface area contributed by atoms with Gasteiger partial charge in [-0.25, -0.2) is 9.78 Å². The number of carbonyl (C=O) groups excluding carboxylic acids is 1. The lowest BCUT2D eigenvalue weighted by Gasteiger charge is -1.93. The maximum atomic E-state index is 11.2. The van der Waals surface area contributed by atoms with Crippen LogP contribution in [0.15, 0.2) is 22.7 Å². The third kappa shape index (κ3) is 1.44. The van der Waals surface area contributed by atoms with Crippen LogP contribution >= 0.6 is 0 Å². The van der Waals surface area contributed by atoms with E-state index in [1.54, 1.807) is 25.3 Å². The summed E-state index contributed by atoms with van der Waals surface area (Å²) in [5.41, 5.74) is 0.895. The summed E-state index contributed by atoms with van der Waals surface area (Å²) in [6.45, 7) is 2.02. The van der Waals surface area contributed by atoms with Gasteiger partial charge in [0.1, 0.15) is 0 Å². The SMILES string of the molecule is CCOC(=O)c1nc2ncccc2o1. The third-order valence-corrected chi connectivity index (χ3v) is 1.62. The number of carbonyl (C=O) groups is 1. The van der Waals surface area contributed by atoms with Gasteiger partial charge in [0.05, 0.1) is 6.61 Å². The van der Waals surface area contributed by atoms with Gasteiger partial charge in [-0.3, -0.25) is 0 Å². The Morgan fingerprint density at radius 1 is 1.64 bits per heavy atom. The van der Waals surface area contributed by atoms with Crippen LogP contribution in [0.25, 0.3) is 11.2 Å². The van der Waals surface area contributed by atoms with Crippen molar-refractivity contribution in [1.29, 1.82) is 0 Å². The number of hydrogen-bond acceptors (Lipinski definition) is 5. The standard InChI is InChI=1S/C9H8N2O3/c1-2-13-9(12)8-11-7-6(14-8)4-3-5-10-7/h3-5H,2H2,1H3. The van der Waals surface area contributed by atoms with E-state index in [2.05, 4.69) is 9.97 Å². The minimum absolute atomic E-state index is 0.0550. The fraction of sp³-hybridized carbons (Fsp3) is 0.222. The topological polar surface area (TPSA) is 65.2 Å². The summed E-state index contributed by atoms with van der Waals surface area (Å²) >= 11 is 0. The van der Waals surface area contributed by atoms with E-state index in [0.717, 1.165) is 0 Å². The van der Waals surface area contributed by atoms with Crippen molar-refractivity contribution in [3.63, 3.8) is 0 Å². The van der Waals surface area contributed by atoms with Crippen molar-refractivity contribution in [2.45, 2.75) is 6.92 Å². The Morgan fingerprint density at radius 3 is 3.21 bits per heavy atom. The van der Waals surface area contributed by atoms with Crippen molar-refractivity contribution in [3.8, 4) is 0 Å². The molecule has 0 saturated carbocycles. The molecule has 0 fully saturated rings. The fourth-order valence-corrected chi connectivity index (χ4v) is 1.05. The zero-order valence-electron chi connectivity index (χ0n) is 7.56. The van der Waals surface area contributed by atoms with Gasteiger partial charge in [0.2, 0.25) is 0 Å². The van der Waals surface area contributed by atoms with Crippen LogP contribution in [0.4, 0.5) is 0 Å². The number of pyridine rings is 1. The Hall–Kier alpha value is -1.91. The summed E-state index contributed by atoms with van der Waals surface area (Å²) < 4.78 is 9.87. The number of aromatic nitrogens is 2. The van der Waals surface area contributed by atoms with Gasteiger partial charge >= 0.3 is 11.9 Å². The van der Waals surface area contributed by atoms with E-state index in [9.17, 15) is 4.79 Å². The predicted octanol–water partition coefficient (Wildman–Crippen LogP) is 1.40. The first kappa shape index (κ1) is 8.68. The van der Waals surface area contributed by atoms with Crippen molar-refractivity contribution >= 4 is 17.2 Å². The third-order valence-electron chi connectivity index (χ3n) is 1.62. The molecule has 5 heteroatoms. The molecule has 0 aliphatic heterocycles. The van der Waals surface area contributed by atoms with Gasteiger partial charge in [-0.15, -0.1) is 0 Å². The number of nitrogens with zero attached hydrogens (tertiary/aromatic N) is 2. The van der Waals surface area contributed by atoms with Crippen molar-refractivity contribution < 1.29 is 13.9 Å². The Morgan fingerprint density at radius 2 is 2.50 bits per heavy atom. The summed E-state index contributed by atoms with van der Waals surface area (Å²) in [6, 6.07) is 3.40. The van der Waals surface area contributed by atoms with E-state index < -0.39 is 5.97 Å². The molecule has 2 aromatic rings. The van der Waals surface area contributed by atoms with E-state index in [4.69, 9.17) is 9.15 Å². The lowest BCUT2D eigenvalue weighted by molar-refractivity contribution is 0.0483. The predicted molar refractivity (Wildman–Crippen MR) is 47.8 cm³/mol. The van der Waals surface area contributed by atoms with Crippen molar-refractivity contribution in [2.75, 3.05) is 6.61 Å². The molecule has 2 aromatic heterocycles. The summed E-state index contributed by atoms with van der Waals surface area (Å²) in [7, 11) is 0. The maximum Gasteiger partial charge on any atom is 0.394 e. The van der Waals surface area contributed by atoms with Crippen LogP contribution in [0.3, 0.4) is 0 Å². The van der Waals surface area contributed by atoms with Crippen LogP contribution in [-0.2, 0) is 4.74 Å². The number of oxazole rings is 1. The first-order valence-electron chi connectivity index (χ1n) is 4.20. The van der Waals surface area contributed by atoms with Gasteiger partial charge in [0, 0.05) is 6.20 Å². The van der Waals surface area contributed by atoms with Crippen LogP contribution in [0.1, 0.15) is 17.6 Å². The number of esters is 1. The number of rotatable bonds is 2. The first-order chi connectivity index (χ1) is 6.81. The molecule has 2 rings (SSSR count). The van der Waals surface area contributed by atoms with Crippen LogP contribution in [-0.4, -0.2) is 22.5 Å². The largest absolute Gasteiger partial charge is 0.459 e. The zero-order chi connectivity index (χ0) is 9.97. The quantitative estimate of drug-likeness (QED) is 0.673. The highest BCUT2D eigenvalue weighted by Crippen LogP contribution is 2.12. The average molecular weight is 192 g/mol. The molecular weight excluding hydrogens is 184 g/mol. The second-order valence-electron chi connectivity index (χ2n) is 2.56. The van der Waals surface area contributed by atoms with E-state index in [1.807, 2.05) is 0 Å². The van der Waals surface area contributed by atoms with Gasteiger partial charge in [-0.1, -0.05) is 0 Å². The van der Waals surface area contributed by atoms with Gasteiger partial charge in [0.15, 0.2) is 11.2 Å². The number of fused-ring (bicyclic) bond motifs is 1. The molecule has 0 saturated heterocycles. The number of hydrogen-bond donors (Lipinski definition) is 0. The van der Waals surface area contributed by atoms with Gasteiger partial charge in [0.25, 0.3) is 0 Å². The Balaban J connectivity index is 2.40. The normalized spacial score (nSPS) is 10.4. The molecule has 14 heavy (non-hydrogen) atoms. The van der Waals surface area contributed by atoms with E-state index in [0.29, 0.717) is 17.8 Å². The molecule has 0 spiro atoms. The molecule has 0 aromatic carbocycles. The summed E-state index contributed by atoms with van der Waals surface area (Å²) in [5, 5.41) is 0. The Labute approximate surface area is 79.7 Å². The molecule has 2 heterocycles. The maximum absolute atomic E-state index is 11.2. The second-order valence-corrected chi connectivity index (χ2v) is 2.56. The highest BCUT2D eigenvalue weighted by molar-refractivity contribution is 5.87. The van der Waals surface area contributed by atoms with Crippen molar-refractivity contribution in [2.24, 2.45) is 0 Å². The molecular formula is C9H8N2O3. The van der Waals surface area contributed by atoms with Crippen LogP contribution < -0.4 is 0 Å². The van der Waals surface area contributed by atoms with Crippen molar-refractivity contribution in [1.82, 2.24) is 9.97 Å². The van der Waals surface area contributed by atoms with E-state index >= 15 is 0 Å². The molecule has 0 radical (unpaired) electrons. The first-order valence-corrected chi connectivity index (χ1v) is 4.20. The van der Waals surface area contributed by atoms with Crippen LogP contribution in [0, 0.1) is 0 Å². The van der Waals surface area contributed by atoms with Gasteiger partial charge < -0.3 is 9.15 Å². The summed E-state index contributed by atoms with van der Waals surface area (Å²) in [4.78, 5) is 19.0. The molecule has 0 amide bonds. The molecule has 0 aliphatic carbocycles. The molecule has 0 bridgehead atoms. The van der Waals surface area contributed by atoms with Crippen molar-refractivity contribution in [3.05, 3.63) is 24.2 Å². The minimum atomic E-state index is -0.564. The minimum Gasteiger partial charge on any atom is -0.459 e. The lowest BCUT2D eigenvalue weighted by atomic mass is 10.5. The van der Waals surface area contributed by atoms with Gasteiger partial charge in [-0.2, -0.15) is 4.98 Å². The highest BCUT2D eigenvalue weighted by atomic mass is 16.5. The van der Waals surface area contributed by atoms with Crippen LogP contribution in [0.5, 0.6) is 0 Å². The molecule has 72 valence electrons.